The molecule has 21 heavy (non-hydrogen) atoms. The molecule has 0 amide bonds. The Morgan fingerprint density at radius 1 is 1.19 bits per heavy atom. The molecular weight excluding hydrogens is 313 g/mol. The minimum atomic E-state index is -0.425. The topological polar surface area (TPSA) is 49.4 Å². The highest BCUT2D eigenvalue weighted by atomic mass is 35.5. The van der Waals surface area contributed by atoms with E-state index in [1.54, 1.807) is 25.2 Å². The van der Waals surface area contributed by atoms with Crippen molar-refractivity contribution in [3.8, 4) is 0 Å². The third kappa shape index (κ3) is 2.90. The van der Waals surface area contributed by atoms with Crippen LogP contribution in [0.4, 0.5) is 0 Å². The molecule has 0 aromatic heterocycles. The number of ether oxygens (including phenoxy) is 1. The van der Waals surface area contributed by atoms with Crippen LogP contribution in [-0.4, -0.2) is 35.9 Å². The van der Waals surface area contributed by atoms with E-state index in [0.717, 1.165) is 12.8 Å². The Bertz CT molecular complexity index is 540. The largest absolute Gasteiger partial charge is 0.633 e. The average Bonchev–Trinajstić information content (AvgIpc) is 2.58. The van der Waals surface area contributed by atoms with Gasteiger partial charge in [-0.15, -0.1) is 0 Å². The van der Waals surface area contributed by atoms with Crippen LogP contribution >= 0.6 is 23.2 Å². The lowest BCUT2D eigenvalue weighted by Crippen LogP contribution is -2.54. The highest BCUT2D eigenvalue weighted by Gasteiger charge is 2.47. The van der Waals surface area contributed by atoms with Gasteiger partial charge in [0.15, 0.2) is 0 Å². The van der Waals surface area contributed by atoms with Crippen LogP contribution < -0.4 is 0 Å². The second-order valence-corrected chi connectivity index (χ2v) is 6.97. The van der Waals surface area contributed by atoms with Crippen molar-refractivity contribution in [2.75, 3.05) is 7.05 Å². The van der Waals surface area contributed by atoms with E-state index in [1.165, 1.54) is 0 Å². The first-order valence-electron chi connectivity index (χ1n) is 7.10. The average molecular weight is 330 g/mol. The molecule has 0 saturated carbocycles. The van der Waals surface area contributed by atoms with E-state index in [2.05, 4.69) is 0 Å². The number of quaternary nitrogens is 1. The summed E-state index contributed by atoms with van der Waals surface area (Å²) in [5.41, 5.74) is 0.352. The van der Waals surface area contributed by atoms with Crippen molar-refractivity contribution in [2.24, 2.45) is 0 Å². The molecule has 2 saturated heterocycles. The predicted octanol–water partition coefficient (Wildman–Crippen LogP) is 3.79. The summed E-state index contributed by atoms with van der Waals surface area (Å²) < 4.78 is 5.37. The molecule has 2 aliphatic rings. The summed E-state index contributed by atoms with van der Waals surface area (Å²) in [6, 6.07) is 4.75. The van der Waals surface area contributed by atoms with E-state index < -0.39 is 5.97 Å². The van der Waals surface area contributed by atoms with Crippen molar-refractivity contribution in [3.05, 3.63) is 39.0 Å². The molecule has 0 N–H and O–H groups in total. The van der Waals surface area contributed by atoms with Crippen molar-refractivity contribution in [1.82, 2.24) is 0 Å². The fourth-order valence-corrected chi connectivity index (χ4v) is 4.07. The zero-order chi connectivity index (χ0) is 15.2. The van der Waals surface area contributed by atoms with Gasteiger partial charge >= 0.3 is 5.97 Å². The van der Waals surface area contributed by atoms with Gasteiger partial charge in [0.1, 0.15) is 6.10 Å². The molecule has 6 heteroatoms. The number of nitrogens with zero attached hydrogens (tertiary/aromatic N) is 1. The quantitative estimate of drug-likeness (QED) is 0.471. The Labute approximate surface area is 133 Å². The summed E-state index contributed by atoms with van der Waals surface area (Å²) in [6.07, 6.45) is 2.92. The molecule has 2 fully saturated rings. The number of rotatable bonds is 2. The van der Waals surface area contributed by atoms with E-state index in [9.17, 15) is 10.0 Å². The van der Waals surface area contributed by atoms with Crippen LogP contribution in [0.3, 0.4) is 0 Å². The van der Waals surface area contributed by atoms with Crippen LogP contribution in [0, 0.1) is 5.21 Å². The molecule has 4 nitrogen and oxygen atoms in total. The van der Waals surface area contributed by atoms with Crippen molar-refractivity contribution in [2.45, 2.75) is 43.9 Å². The van der Waals surface area contributed by atoms with Gasteiger partial charge in [0.2, 0.25) is 0 Å². The molecular formula is C15H17Cl2NO3. The lowest BCUT2D eigenvalue weighted by molar-refractivity contribution is -0.903. The van der Waals surface area contributed by atoms with E-state index in [0.29, 0.717) is 28.5 Å². The molecule has 114 valence electrons. The Balaban J connectivity index is 1.69. The van der Waals surface area contributed by atoms with Gasteiger partial charge in [0.25, 0.3) is 0 Å². The van der Waals surface area contributed by atoms with Crippen LogP contribution in [0.5, 0.6) is 0 Å². The van der Waals surface area contributed by atoms with Crippen LogP contribution in [0.2, 0.25) is 10.0 Å². The fourth-order valence-electron chi connectivity index (χ4n) is 3.54. The Kier molecular flexibility index (Phi) is 3.91. The van der Waals surface area contributed by atoms with Crippen molar-refractivity contribution in [3.63, 3.8) is 0 Å². The molecule has 3 rings (SSSR count). The van der Waals surface area contributed by atoms with Gasteiger partial charge in [0.05, 0.1) is 24.7 Å². The Morgan fingerprint density at radius 3 is 2.24 bits per heavy atom. The van der Waals surface area contributed by atoms with Gasteiger partial charge in [-0.05, 0) is 18.2 Å². The van der Waals surface area contributed by atoms with Crippen LogP contribution in [-0.2, 0) is 4.74 Å². The van der Waals surface area contributed by atoms with Crippen molar-refractivity contribution >= 4 is 29.2 Å². The number of hydrogen-bond donors (Lipinski definition) is 0. The molecule has 0 radical (unpaired) electrons. The monoisotopic (exact) mass is 329 g/mol. The smallest absolute Gasteiger partial charge is 0.338 e. The van der Waals surface area contributed by atoms with Gasteiger partial charge in [-0.25, -0.2) is 4.79 Å². The summed E-state index contributed by atoms with van der Waals surface area (Å²) in [5, 5.41) is 13.2. The highest BCUT2D eigenvalue weighted by Crippen LogP contribution is 2.41. The van der Waals surface area contributed by atoms with Gasteiger partial charge in [-0.3, -0.25) is 0 Å². The first-order valence-corrected chi connectivity index (χ1v) is 7.86. The van der Waals surface area contributed by atoms with Crippen LogP contribution in [0.25, 0.3) is 0 Å². The number of halogens is 2. The number of hydrogen-bond acceptors (Lipinski definition) is 3. The summed E-state index contributed by atoms with van der Waals surface area (Å²) in [7, 11) is 1.73. The third-order valence-corrected chi connectivity index (χ3v) is 5.16. The highest BCUT2D eigenvalue weighted by molar-refractivity contribution is 6.35. The molecule has 1 aromatic rings. The standard InChI is InChI=1S/C15H17Cl2NO3/c1-18(20)12-2-3-13(18)8-14(7-12)21-15(19)9-4-10(16)6-11(17)5-9/h4-6,12-14H,2-3,7-8H2,1H3. The summed E-state index contributed by atoms with van der Waals surface area (Å²) in [4.78, 5) is 12.2. The number of carbonyl (C=O) groups excluding carboxylic acids is 1. The molecule has 1 aromatic carbocycles. The maximum atomic E-state index is 12.4. The predicted molar refractivity (Wildman–Crippen MR) is 81.3 cm³/mol. The number of benzene rings is 1. The summed E-state index contributed by atoms with van der Waals surface area (Å²) >= 11 is 11.8. The number of hydroxylamine groups is 3. The van der Waals surface area contributed by atoms with Gasteiger partial charge in [-0.1, -0.05) is 23.2 Å². The summed E-state index contributed by atoms with van der Waals surface area (Å²) in [5.74, 6) is -0.425. The maximum absolute atomic E-state index is 12.4. The molecule has 2 bridgehead atoms. The maximum Gasteiger partial charge on any atom is 0.338 e. The second kappa shape index (κ2) is 5.43. The van der Waals surface area contributed by atoms with E-state index in [4.69, 9.17) is 27.9 Å². The first-order chi connectivity index (χ1) is 9.86. The Morgan fingerprint density at radius 2 is 1.71 bits per heavy atom. The minimum Gasteiger partial charge on any atom is -0.633 e. The Hall–Kier alpha value is -0.810. The molecule has 2 aliphatic heterocycles. The summed E-state index contributed by atoms with van der Waals surface area (Å²) in [6.45, 7) is 0. The van der Waals surface area contributed by atoms with E-state index >= 15 is 0 Å². The van der Waals surface area contributed by atoms with E-state index in [1.807, 2.05) is 0 Å². The lowest BCUT2D eigenvalue weighted by atomic mass is 9.99. The molecule has 2 unspecified atom stereocenters. The molecule has 0 aliphatic carbocycles. The van der Waals surface area contributed by atoms with Gasteiger partial charge < -0.3 is 14.6 Å². The minimum absolute atomic E-state index is 0.0458. The van der Waals surface area contributed by atoms with Crippen molar-refractivity contribution in [1.29, 1.82) is 0 Å². The third-order valence-electron chi connectivity index (χ3n) is 4.73. The van der Waals surface area contributed by atoms with Gasteiger partial charge in [-0.2, -0.15) is 0 Å². The van der Waals surface area contributed by atoms with Crippen molar-refractivity contribution < 1.29 is 14.2 Å². The number of carbonyl (C=O) groups is 1. The zero-order valence-electron chi connectivity index (χ0n) is 11.7. The number of piperidine rings is 1. The zero-order valence-corrected chi connectivity index (χ0v) is 13.2. The molecule has 0 spiro atoms. The van der Waals surface area contributed by atoms with Crippen LogP contribution in [0.15, 0.2) is 18.2 Å². The molecule has 2 heterocycles. The molecule has 2 atom stereocenters. The SMILES string of the molecule is C[N+]1([O-])C2CCC1CC(OC(=O)c1cc(Cl)cc(Cl)c1)C2. The second-order valence-electron chi connectivity index (χ2n) is 6.10. The number of esters is 1. The first kappa shape index (κ1) is 15.1. The number of fused-ring (bicyclic) bond motifs is 2. The normalized spacial score (nSPS) is 34.8. The van der Waals surface area contributed by atoms with Gasteiger partial charge in [0, 0.05) is 35.7 Å². The lowest BCUT2D eigenvalue weighted by Gasteiger charge is -2.50. The fraction of sp³-hybridized carbons (Fsp3) is 0.533. The van der Waals surface area contributed by atoms with E-state index in [-0.39, 0.29) is 22.8 Å². The van der Waals surface area contributed by atoms with Crippen LogP contribution in [0.1, 0.15) is 36.0 Å².